The maximum atomic E-state index is 12.3. The second kappa shape index (κ2) is 9.20. The minimum absolute atomic E-state index is 0.0922. The Morgan fingerprint density at radius 1 is 1.27 bits per heavy atom. The van der Waals surface area contributed by atoms with E-state index in [9.17, 15) is 14.9 Å². The monoisotopic (exact) mass is 376 g/mol. The van der Waals surface area contributed by atoms with Crippen molar-refractivity contribution < 1.29 is 14.5 Å². The van der Waals surface area contributed by atoms with Crippen LogP contribution in [0.15, 0.2) is 48.5 Å². The van der Waals surface area contributed by atoms with E-state index in [1.165, 1.54) is 23.8 Å². The first kappa shape index (κ1) is 19.7. The number of halogens is 1. The molecule has 0 bridgehead atoms. The molecule has 2 aromatic rings. The molecule has 0 spiro atoms. The fourth-order valence-corrected chi connectivity index (χ4v) is 2.75. The van der Waals surface area contributed by atoms with Crippen molar-refractivity contribution in [3.05, 3.63) is 69.2 Å². The molecule has 0 saturated carbocycles. The van der Waals surface area contributed by atoms with E-state index in [4.69, 9.17) is 16.3 Å². The quantitative estimate of drug-likeness (QED) is 0.549. The van der Waals surface area contributed by atoms with Crippen molar-refractivity contribution in [2.45, 2.75) is 32.3 Å². The van der Waals surface area contributed by atoms with E-state index in [0.29, 0.717) is 6.54 Å². The van der Waals surface area contributed by atoms with Gasteiger partial charge < -0.3 is 10.1 Å². The third kappa shape index (κ3) is 5.20. The third-order valence-corrected chi connectivity index (χ3v) is 4.38. The van der Waals surface area contributed by atoms with Crippen LogP contribution in [0, 0.1) is 10.1 Å². The Kier molecular flexibility index (Phi) is 6.97. The van der Waals surface area contributed by atoms with Crippen LogP contribution in [-0.4, -0.2) is 23.5 Å². The Hall–Kier alpha value is -2.60. The van der Waals surface area contributed by atoms with Gasteiger partial charge in [0.2, 0.25) is 0 Å². The lowest BCUT2D eigenvalue weighted by Crippen LogP contribution is -2.38. The number of hydrogen-bond acceptors (Lipinski definition) is 4. The van der Waals surface area contributed by atoms with Crippen LogP contribution < -0.4 is 10.1 Å². The maximum Gasteiger partial charge on any atom is 0.271 e. The Bertz CT molecular complexity index is 767. The van der Waals surface area contributed by atoms with Crippen LogP contribution in [0.5, 0.6) is 5.75 Å². The molecular formula is C19H21ClN2O4. The number of rotatable bonds is 8. The standard InChI is InChI=1S/C19H21ClN2O4/c1-3-14(15-7-5-4-6-8-15)12-21-19(23)13(2)26-18-10-9-16(22(24)25)11-17(18)20/h4-11,13-14H,3,12H2,1-2H3,(H,21,23)/t13-,14-/m1/s1. The number of amides is 1. The van der Waals surface area contributed by atoms with Gasteiger partial charge in [-0.15, -0.1) is 0 Å². The number of benzene rings is 2. The first-order chi connectivity index (χ1) is 12.4. The van der Waals surface area contributed by atoms with Gasteiger partial charge in [0.15, 0.2) is 6.10 Å². The molecule has 0 saturated heterocycles. The molecule has 0 heterocycles. The average Bonchev–Trinajstić information content (AvgIpc) is 2.64. The number of nitro groups is 1. The Morgan fingerprint density at radius 3 is 2.54 bits per heavy atom. The van der Waals surface area contributed by atoms with Gasteiger partial charge in [0.25, 0.3) is 11.6 Å². The molecule has 2 rings (SSSR count). The van der Waals surface area contributed by atoms with Crippen molar-refractivity contribution in [3.8, 4) is 5.75 Å². The number of nitrogens with one attached hydrogen (secondary N) is 1. The van der Waals surface area contributed by atoms with E-state index in [1.54, 1.807) is 6.92 Å². The minimum atomic E-state index is -0.776. The summed E-state index contributed by atoms with van der Waals surface area (Å²) in [5.74, 6) is 0.180. The zero-order valence-electron chi connectivity index (χ0n) is 14.6. The van der Waals surface area contributed by atoms with Crippen LogP contribution in [0.1, 0.15) is 31.7 Å². The number of ether oxygens (including phenoxy) is 1. The average molecular weight is 377 g/mol. The van der Waals surface area contributed by atoms with E-state index in [1.807, 2.05) is 30.3 Å². The second-order valence-electron chi connectivity index (χ2n) is 5.89. The normalized spacial score (nSPS) is 12.9. The molecule has 1 amide bonds. The summed E-state index contributed by atoms with van der Waals surface area (Å²) in [7, 11) is 0. The topological polar surface area (TPSA) is 81.5 Å². The first-order valence-corrected chi connectivity index (χ1v) is 8.73. The number of nitro benzene ring substituents is 1. The summed E-state index contributed by atoms with van der Waals surface area (Å²) in [5, 5.41) is 13.7. The SMILES string of the molecule is CC[C@H](CNC(=O)[C@@H](C)Oc1ccc([N+](=O)[O-])cc1Cl)c1ccccc1. The molecule has 0 fully saturated rings. The minimum Gasteiger partial charge on any atom is -0.479 e. The van der Waals surface area contributed by atoms with Crippen LogP contribution in [0.4, 0.5) is 5.69 Å². The molecule has 1 N–H and O–H groups in total. The smallest absolute Gasteiger partial charge is 0.271 e. The van der Waals surface area contributed by atoms with Gasteiger partial charge in [0, 0.05) is 24.6 Å². The van der Waals surface area contributed by atoms with Crippen molar-refractivity contribution in [2.75, 3.05) is 6.54 Å². The van der Waals surface area contributed by atoms with Crippen molar-refractivity contribution in [3.63, 3.8) is 0 Å². The maximum absolute atomic E-state index is 12.3. The second-order valence-corrected chi connectivity index (χ2v) is 6.30. The lowest BCUT2D eigenvalue weighted by molar-refractivity contribution is -0.384. The fraction of sp³-hybridized carbons (Fsp3) is 0.316. The number of hydrogen-bond donors (Lipinski definition) is 1. The predicted octanol–water partition coefficient (Wildman–Crippen LogP) is 4.33. The highest BCUT2D eigenvalue weighted by atomic mass is 35.5. The van der Waals surface area contributed by atoms with Crippen LogP contribution in [0.3, 0.4) is 0 Å². The van der Waals surface area contributed by atoms with Crippen LogP contribution in [0.2, 0.25) is 5.02 Å². The molecule has 26 heavy (non-hydrogen) atoms. The van der Waals surface area contributed by atoms with E-state index in [-0.39, 0.29) is 28.3 Å². The van der Waals surface area contributed by atoms with E-state index >= 15 is 0 Å². The van der Waals surface area contributed by atoms with Crippen molar-refractivity contribution in [2.24, 2.45) is 0 Å². The summed E-state index contributed by atoms with van der Waals surface area (Å²) in [6.45, 7) is 4.18. The zero-order chi connectivity index (χ0) is 19.1. The molecule has 0 aliphatic rings. The van der Waals surface area contributed by atoms with E-state index in [2.05, 4.69) is 12.2 Å². The van der Waals surface area contributed by atoms with Gasteiger partial charge in [0.1, 0.15) is 5.75 Å². The van der Waals surface area contributed by atoms with E-state index < -0.39 is 11.0 Å². The molecule has 2 aromatic carbocycles. The molecule has 6 nitrogen and oxygen atoms in total. The van der Waals surface area contributed by atoms with Crippen molar-refractivity contribution >= 4 is 23.2 Å². The van der Waals surface area contributed by atoms with Crippen molar-refractivity contribution in [1.29, 1.82) is 0 Å². The Morgan fingerprint density at radius 2 is 1.96 bits per heavy atom. The van der Waals surface area contributed by atoms with Crippen LogP contribution in [0.25, 0.3) is 0 Å². The number of carbonyl (C=O) groups excluding carboxylic acids is 1. The molecule has 2 atom stereocenters. The molecule has 0 aliphatic carbocycles. The van der Waals surface area contributed by atoms with E-state index in [0.717, 1.165) is 6.42 Å². The molecular weight excluding hydrogens is 356 g/mol. The Labute approximate surface area is 157 Å². The largest absolute Gasteiger partial charge is 0.479 e. The van der Waals surface area contributed by atoms with Gasteiger partial charge in [-0.2, -0.15) is 0 Å². The molecule has 7 heteroatoms. The number of non-ortho nitro benzene ring substituents is 1. The van der Waals surface area contributed by atoms with Crippen LogP contribution >= 0.6 is 11.6 Å². The number of nitrogens with zero attached hydrogens (tertiary/aromatic N) is 1. The van der Waals surface area contributed by atoms with Crippen LogP contribution in [-0.2, 0) is 4.79 Å². The Balaban J connectivity index is 1.94. The summed E-state index contributed by atoms with van der Waals surface area (Å²) in [4.78, 5) is 22.5. The molecule has 138 valence electrons. The van der Waals surface area contributed by atoms with Gasteiger partial charge in [-0.25, -0.2) is 0 Å². The highest BCUT2D eigenvalue weighted by molar-refractivity contribution is 6.32. The molecule has 0 unspecified atom stereocenters. The zero-order valence-corrected chi connectivity index (χ0v) is 15.4. The summed E-state index contributed by atoms with van der Waals surface area (Å²) >= 11 is 5.99. The van der Waals surface area contributed by atoms with Gasteiger partial charge in [-0.1, -0.05) is 48.9 Å². The highest BCUT2D eigenvalue weighted by Gasteiger charge is 2.19. The summed E-state index contributed by atoms with van der Waals surface area (Å²) < 4.78 is 5.55. The fourth-order valence-electron chi connectivity index (χ4n) is 2.53. The molecule has 0 aromatic heterocycles. The van der Waals surface area contributed by atoms with Gasteiger partial charge >= 0.3 is 0 Å². The van der Waals surface area contributed by atoms with Gasteiger partial charge in [-0.3, -0.25) is 14.9 Å². The highest BCUT2D eigenvalue weighted by Crippen LogP contribution is 2.29. The third-order valence-electron chi connectivity index (χ3n) is 4.09. The first-order valence-electron chi connectivity index (χ1n) is 8.35. The number of carbonyl (C=O) groups is 1. The predicted molar refractivity (Wildman–Crippen MR) is 101 cm³/mol. The summed E-state index contributed by atoms with van der Waals surface area (Å²) in [5.41, 5.74) is 1.04. The van der Waals surface area contributed by atoms with Gasteiger partial charge in [0.05, 0.1) is 9.95 Å². The molecule has 0 aliphatic heterocycles. The summed E-state index contributed by atoms with van der Waals surface area (Å²) in [6.07, 6.45) is 0.121. The lowest BCUT2D eigenvalue weighted by atomic mass is 9.96. The van der Waals surface area contributed by atoms with Gasteiger partial charge in [-0.05, 0) is 25.0 Å². The lowest BCUT2D eigenvalue weighted by Gasteiger charge is -2.19. The summed E-state index contributed by atoms with van der Waals surface area (Å²) in [6, 6.07) is 13.9. The van der Waals surface area contributed by atoms with Crippen molar-refractivity contribution in [1.82, 2.24) is 5.32 Å². The molecule has 0 radical (unpaired) electrons.